The van der Waals surface area contributed by atoms with Crippen molar-refractivity contribution in [1.82, 2.24) is 9.88 Å². The van der Waals surface area contributed by atoms with E-state index in [0.29, 0.717) is 5.25 Å². The Balaban J connectivity index is 1.81. The lowest BCUT2D eigenvalue weighted by atomic mass is 9.95. The second-order valence-electron chi connectivity index (χ2n) is 5.88. The van der Waals surface area contributed by atoms with E-state index in [-0.39, 0.29) is 12.1 Å². The number of hydrogen-bond acceptors (Lipinski definition) is 5. The van der Waals surface area contributed by atoms with Crippen molar-refractivity contribution in [1.29, 1.82) is 0 Å². The first-order valence-electron chi connectivity index (χ1n) is 7.83. The van der Waals surface area contributed by atoms with Crippen LogP contribution in [0, 0.1) is 0 Å². The molecule has 1 saturated heterocycles. The van der Waals surface area contributed by atoms with Crippen LogP contribution in [0.15, 0.2) is 53.7 Å². The number of rotatable bonds is 3. The normalized spacial score (nSPS) is 26.1. The molecule has 0 amide bonds. The molecule has 0 radical (unpaired) electrons. The molecule has 4 nitrogen and oxygen atoms in total. The van der Waals surface area contributed by atoms with E-state index in [9.17, 15) is 0 Å². The highest BCUT2D eigenvalue weighted by molar-refractivity contribution is 8.14. The van der Waals surface area contributed by atoms with E-state index in [1.54, 1.807) is 7.11 Å². The summed E-state index contributed by atoms with van der Waals surface area (Å²) in [6, 6.07) is 14.4. The number of benzene rings is 1. The van der Waals surface area contributed by atoms with Gasteiger partial charge in [-0.2, -0.15) is 0 Å². The topological polar surface area (TPSA) is 37.7 Å². The number of methoxy groups -OCH3 is 1. The Bertz CT molecular complexity index is 734. The summed E-state index contributed by atoms with van der Waals surface area (Å²) in [6.45, 7) is 3.26. The minimum Gasteiger partial charge on any atom is -0.496 e. The number of nitrogens with zero attached hydrogens (tertiary/aromatic N) is 3. The molecule has 0 unspecified atom stereocenters. The monoisotopic (exact) mass is 325 g/mol. The van der Waals surface area contributed by atoms with Crippen molar-refractivity contribution < 1.29 is 4.74 Å². The van der Waals surface area contributed by atoms with Crippen molar-refractivity contribution in [2.45, 2.75) is 24.3 Å². The van der Waals surface area contributed by atoms with E-state index in [0.717, 1.165) is 23.2 Å². The molecule has 23 heavy (non-hydrogen) atoms. The first-order chi connectivity index (χ1) is 11.3. The highest BCUT2D eigenvalue weighted by Gasteiger charge is 2.44. The van der Waals surface area contributed by atoms with Crippen molar-refractivity contribution in [3.63, 3.8) is 0 Å². The molecule has 1 fully saturated rings. The summed E-state index contributed by atoms with van der Waals surface area (Å²) in [7, 11) is 1.73. The van der Waals surface area contributed by atoms with Crippen LogP contribution in [-0.2, 0) is 0 Å². The van der Waals surface area contributed by atoms with Gasteiger partial charge < -0.3 is 9.64 Å². The Morgan fingerprint density at radius 2 is 2.00 bits per heavy atom. The van der Waals surface area contributed by atoms with Crippen molar-refractivity contribution >= 4 is 16.9 Å². The molecule has 2 aromatic rings. The molecule has 0 saturated carbocycles. The third-order valence-electron chi connectivity index (χ3n) is 4.34. The standard InChI is InChI=1S/C18H19N3OS/c1-12-11-21-17(13-7-3-4-9-15(13)22-2)16(20-18(21)23-12)14-8-5-6-10-19-14/h3-10,12,16-17H,11H2,1-2H3/t12-,16-,17-/m1/s1. The fraction of sp³-hybridized carbons (Fsp3) is 0.333. The molecule has 0 N–H and O–H groups in total. The van der Waals surface area contributed by atoms with Crippen LogP contribution in [-0.4, -0.2) is 34.0 Å². The summed E-state index contributed by atoms with van der Waals surface area (Å²) in [6.07, 6.45) is 1.84. The molecule has 3 atom stereocenters. The van der Waals surface area contributed by atoms with Gasteiger partial charge in [-0.1, -0.05) is 43.0 Å². The first-order valence-corrected chi connectivity index (χ1v) is 8.71. The smallest absolute Gasteiger partial charge is 0.160 e. The second kappa shape index (κ2) is 5.89. The van der Waals surface area contributed by atoms with Crippen molar-refractivity contribution in [3.05, 3.63) is 59.9 Å². The number of pyridine rings is 1. The van der Waals surface area contributed by atoms with Gasteiger partial charge in [0.2, 0.25) is 0 Å². The van der Waals surface area contributed by atoms with E-state index in [1.807, 2.05) is 42.2 Å². The fourth-order valence-corrected chi connectivity index (χ4v) is 4.46. The van der Waals surface area contributed by atoms with Crippen molar-refractivity contribution in [2.75, 3.05) is 13.7 Å². The maximum absolute atomic E-state index is 5.61. The van der Waals surface area contributed by atoms with Crippen LogP contribution in [0.1, 0.15) is 30.3 Å². The first kappa shape index (κ1) is 14.6. The predicted molar refractivity (Wildman–Crippen MR) is 93.9 cm³/mol. The maximum atomic E-state index is 5.61. The molecular weight excluding hydrogens is 306 g/mol. The van der Waals surface area contributed by atoms with Crippen LogP contribution >= 0.6 is 11.8 Å². The maximum Gasteiger partial charge on any atom is 0.160 e. The van der Waals surface area contributed by atoms with Crippen molar-refractivity contribution in [2.24, 2.45) is 4.99 Å². The Morgan fingerprint density at radius 3 is 2.78 bits per heavy atom. The zero-order valence-corrected chi connectivity index (χ0v) is 14.0. The molecule has 1 aromatic heterocycles. The van der Waals surface area contributed by atoms with E-state index in [1.165, 1.54) is 5.56 Å². The fourth-order valence-electron chi connectivity index (χ4n) is 3.36. The van der Waals surface area contributed by atoms with Crippen LogP contribution in [0.25, 0.3) is 0 Å². The van der Waals surface area contributed by atoms with Gasteiger partial charge in [-0.25, -0.2) is 0 Å². The molecule has 1 aromatic carbocycles. The van der Waals surface area contributed by atoms with Gasteiger partial charge in [0.15, 0.2) is 5.17 Å². The SMILES string of the molecule is COc1ccccc1[C@@H]1[C@@H](c2ccccn2)N=C2S[C@H](C)CN21. The van der Waals surface area contributed by atoms with Crippen LogP contribution in [0.5, 0.6) is 5.75 Å². The molecular formula is C18H19N3OS. The van der Waals surface area contributed by atoms with Gasteiger partial charge in [0.1, 0.15) is 11.8 Å². The van der Waals surface area contributed by atoms with Gasteiger partial charge in [0.05, 0.1) is 18.8 Å². The lowest BCUT2D eigenvalue weighted by Gasteiger charge is -2.28. The summed E-state index contributed by atoms with van der Waals surface area (Å²) in [4.78, 5) is 12.0. The van der Waals surface area contributed by atoms with E-state index in [4.69, 9.17) is 9.73 Å². The summed E-state index contributed by atoms with van der Waals surface area (Å²) < 4.78 is 5.61. The van der Waals surface area contributed by atoms with Crippen LogP contribution < -0.4 is 4.74 Å². The highest BCUT2D eigenvalue weighted by atomic mass is 32.2. The summed E-state index contributed by atoms with van der Waals surface area (Å²) in [5.41, 5.74) is 2.19. The predicted octanol–water partition coefficient (Wildman–Crippen LogP) is 3.68. The van der Waals surface area contributed by atoms with Crippen LogP contribution in [0.3, 0.4) is 0 Å². The molecule has 2 aliphatic rings. The highest BCUT2D eigenvalue weighted by Crippen LogP contribution is 2.49. The Hall–Kier alpha value is -2.01. The Labute approximate surface area is 140 Å². The number of aromatic nitrogens is 1. The number of thioether (sulfide) groups is 1. The average molecular weight is 325 g/mol. The number of hydrogen-bond donors (Lipinski definition) is 0. The van der Waals surface area contributed by atoms with E-state index in [2.05, 4.69) is 35.0 Å². The number of ether oxygens (including phenoxy) is 1. The van der Waals surface area contributed by atoms with Gasteiger partial charge >= 0.3 is 0 Å². The zero-order chi connectivity index (χ0) is 15.8. The zero-order valence-electron chi connectivity index (χ0n) is 13.2. The molecule has 3 heterocycles. The summed E-state index contributed by atoms with van der Waals surface area (Å²) in [5, 5.41) is 1.69. The lowest BCUT2D eigenvalue weighted by molar-refractivity contribution is 0.307. The van der Waals surface area contributed by atoms with Gasteiger partial charge in [0, 0.05) is 23.6 Å². The number of aliphatic imine (C=N–C) groups is 1. The quantitative estimate of drug-likeness (QED) is 0.863. The molecule has 5 heteroatoms. The van der Waals surface area contributed by atoms with Crippen LogP contribution in [0.4, 0.5) is 0 Å². The molecule has 4 rings (SSSR count). The molecule has 0 aliphatic carbocycles. The number of amidine groups is 1. The Morgan fingerprint density at radius 1 is 1.17 bits per heavy atom. The second-order valence-corrected chi connectivity index (χ2v) is 7.28. The molecule has 118 valence electrons. The van der Waals surface area contributed by atoms with E-state index >= 15 is 0 Å². The molecule has 0 bridgehead atoms. The van der Waals surface area contributed by atoms with Gasteiger partial charge in [0.25, 0.3) is 0 Å². The third-order valence-corrected chi connectivity index (χ3v) is 5.44. The van der Waals surface area contributed by atoms with Gasteiger partial charge in [-0.05, 0) is 18.2 Å². The molecule has 2 aliphatic heterocycles. The lowest BCUT2D eigenvalue weighted by Crippen LogP contribution is -2.28. The number of para-hydroxylation sites is 1. The minimum atomic E-state index is 0.0162. The van der Waals surface area contributed by atoms with Gasteiger partial charge in [-0.3, -0.25) is 9.98 Å². The third kappa shape index (κ3) is 2.49. The Kier molecular flexibility index (Phi) is 3.73. The summed E-state index contributed by atoms with van der Waals surface area (Å²) in [5.74, 6) is 0.916. The van der Waals surface area contributed by atoms with Crippen molar-refractivity contribution in [3.8, 4) is 5.75 Å². The van der Waals surface area contributed by atoms with Crippen LogP contribution in [0.2, 0.25) is 0 Å². The minimum absolute atomic E-state index is 0.0162. The van der Waals surface area contributed by atoms with E-state index < -0.39 is 0 Å². The van der Waals surface area contributed by atoms with Gasteiger partial charge in [-0.15, -0.1) is 0 Å². The average Bonchev–Trinajstić information content (AvgIpc) is 3.11. The summed E-state index contributed by atoms with van der Waals surface area (Å²) >= 11 is 1.85. The molecule has 0 spiro atoms. The number of fused-ring (bicyclic) bond motifs is 1. The largest absolute Gasteiger partial charge is 0.496 e.